The number of esters is 1. The third-order valence-corrected chi connectivity index (χ3v) is 2.55. The molecule has 1 unspecified atom stereocenters. The van der Waals surface area contributed by atoms with E-state index in [0.29, 0.717) is 6.42 Å². The van der Waals surface area contributed by atoms with E-state index in [1.54, 1.807) is 0 Å². The summed E-state index contributed by atoms with van der Waals surface area (Å²) in [5, 5.41) is 0. The summed E-state index contributed by atoms with van der Waals surface area (Å²) in [5.41, 5.74) is 2.26. The average Bonchev–Trinajstić information content (AvgIpc) is 2.29. The molecule has 1 atom stereocenters. The monoisotopic (exact) mass is 202 g/mol. The molecule has 0 saturated heterocycles. The second-order valence-corrected chi connectivity index (χ2v) is 3.60. The fraction of sp³-hybridized carbons (Fsp3) is 0.308. The van der Waals surface area contributed by atoms with Crippen molar-refractivity contribution >= 4 is 12.0 Å². The summed E-state index contributed by atoms with van der Waals surface area (Å²) in [6.45, 7) is 1.81. The second-order valence-electron chi connectivity index (χ2n) is 3.60. The van der Waals surface area contributed by atoms with Crippen LogP contribution in [-0.2, 0) is 9.53 Å². The Morgan fingerprint density at radius 1 is 1.47 bits per heavy atom. The van der Waals surface area contributed by atoms with E-state index >= 15 is 0 Å². The Morgan fingerprint density at radius 2 is 2.27 bits per heavy atom. The zero-order valence-electron chi connectivity index (χ0n) is 8.77. The summed E-state index contributed by atoms with van der Waals surface area (Å²) in [6, 6.07) is 8.03. The van der Waals surface area contributed by atoms with Crippen molar-refractivity contribution in [1.29, 1.82) is 0 Å². The highest BCUT2D eigenvalue weighted by Crippen LogP contribution is 2.30. The van der Waals surface area contributed by atoms with Gasteiger partial charge in [0.2, 0.25) is 0 Å². The third-order valence-electron chi connectivity index (χ3n) is 2.55. The van der Waals surface area contributed by atoms with E-state index in [4.69, 9.17) is 4.74 Å². The zero-order valence-corrected chi connectivity index (χ0v) is 8.77. The van der Waals surface area contributed by atoms with Crippen LogP contribution in [0.4, 0.5) is 0 Å². The van der Waals surface area contributed by atoms with Gasteiger partial charge in [-0.25, -0.2) is 0 Å². The maximum absolute atomic E-state index is 11.2. The Labute approximate surface area is 89.6 Å². The standard InChI is InChI=1S/C13H14O2/c1-2-13(14)15-12-9-5-7-10-6-3-4-8-11(10)12/h3-8,12H,2,9H2,1H3. The van der Waals surface area contributed by atoms with Crippen LogP contribution in [0.25, 0.3) is 6.08 Å². The molecule has 0 aliphatic heterocycles. The summed E-state index contributed by atoms with van der Waals surface area (Å²) in [5.74, 6) is -0.134. The summed E-state index contributed by atoms with van der Waals surface area (Å²) >= 11 is 0. The molecule has 0 heterocycles. The lowest BCUT2D eigenvalue weighted by Gasteiger charge is -2.21. The highest BCUT2D eigenvalue weighted by molar-refractivity contribution is 5.70. The molecular formula is C13H14O2. The van der Waals surface area contributed by atoms with Crippen LogP contribution in [-0.4, -0.2) is 5.97 Å². The fourth-order valence-electron chi connectivity index (χ4n) is 1.76. The molecule has 2 rings (SSSR count). The van der Waals surface area contributed by atoms with Crippen molar-refractivity contribution in [3.63, 3.8) is 0 Å². The first-order chi connectivity index (χ1) is 7.31. The summed E-state index contributed by atoms with van der Waals surface area (Å²) in [6.07, 6.45) is 5.24. The zero-order chi connectivity index (χ0) is 10.7. The summed E-state index contributed by atoms with van der Waals surface area (Å²) < 4.78 is 5.38. The van der Waals surface area contributed by atoms with Crippen molar-refractivity contribution in [2.45, 2.75) is 25.9 Å². The molecule has 0 fully saturated rings. The Morgan fingerprint density at radius 3 is 3.07 bits per heavy atom. The highest BCUT2D eigenvalue weighted by atomic mass is 16.5. The lowest BCUT2D eigenvalue weighted by Crippen LogP contribution is -2.12. The first-order valence-electron chi connectivity index (χ1n) is 5.26. The van der Waals surface area contributed by atoms with E-state index in [-0.39, 0.29) is 12.1 Å². The molecule has 78 valence electrons. The summed E-state index contributed by atoms with van der Waals surface area (Å²) in [4.78, 5) is 11.2. The lowest BCUT2D eigenvalue weighted by molar-refractivity contribution is -0.149. The molecule has 0 aromatic heterocycles. The maximum Gasteiger partial charge on any atom is 0.306 e. The second kappa shape index (κ2) is 4.30. The first kappa shape index (κ1) is 9.97. The molecule has 2 nitrogen and oxygen atoms in total. The van der Waals surface area contributed by atoms with Gasteiger partial charge in [-0.3, -0.25) is 4.79 Å². The van der Waals surface area contributed by atoms with Crippen LogP contribution in [0.1, 0.15) is 37.0 Å². The highest BCUT2D eigenvalue weighted by Gasteiger charge is 2.19. The Balaban J connectivity index is 2.22. The minimum Gasteiger partial charge on any atom is -0.457 e. The van der Waals surface area contributed by atoms with E-state index in [0.717, 1.165) is 17.5 Å². The Bertz CT molecular complexity index is 393. The topological polar surface area (TPSA) is 26.3 Å². The lowest BCUT2D eigenvalue weighted by atomic mass is 9.95. The van der Waals surface area contributed by atoms with Crippen LogP contribution in [0.3, 0.4) is 0 Å². The molecule has 1 aliphatic carbocycles. The number of hydrogen-bond donors (Lipinski definition) is 0. The van der Waals surface area contributed by atoms with Gasteiger partial charge in [0.1, 0.15) is 6.10 Å². The summed E-state index contributed by atoms with van der Waals surface area (Å²) in [7, 11) is 0. The van der Waals surface area contributed by atoms with Crippen LogP contribution < -0.4 is 0 Å². The number of ether oxygens (including phenoxy) is 1. The fourth-order valence-corrected chi connectivity index (χ4v) is 1.76. The molecule has 0 radical (unpaired) electrons. The largest absolute Gasteiger partial charge is 0.457 e. The Hall–Kier alpha value is -1.57. The minimum atomic E-state index is -0.134. The van der Waals surface area contributed by atoms with Crippen LogP contribution in [0.5, 0.6) is 0 Å². The molecule has 0 amide bonds. The van der Waals surface area contributed by atoms with Crippen molar-refractivity contribution < 1.29 is 9.53 Å². The number of hydrogen-bond acceptors (Lipinski definition) is 2. The molecule has 2 heteroatoms. The van der Waals surface area contributed by atoms with Gasteiger partial charge >= 0.3 is 5.97 Å². The van der Waals surface area contributed by atoms with Crippen molar-refractivity contribution in [3.8, 4) is 0 Å². The van der Waals surface area contributed by atoms with Gasteiger partial charge < -0.3 is 4.74 Å². The van der Waals surface area contributed by atoms with Crippen molar-refractivity contribution in [2.75, 3.05) is 0 Å². The molecule has 1 aromatic rings. The van der Waals surface area contributed by atoms with Crippen LogP contribution in [0.15, 0.2) is 30.3 Å². The number of carbonyl (C=O) groups is 1. The SMILES string of the molecule is CCC(=O)OC1CC=Cc2ccccc21. The van der Waals surface area contributed by atoms with Crippen LogP contribution in [0, 0.1) is 0 Å². The van der Waals surface area contributed by atoms with Gasteiger partial charge in [-0.05, 0) is 11.1 Å². The van der Waals surface area contributed by atoms with Gasteiger partial charge in [-0.15, -0.1) is 0 Å². The van der Waals surface area contributed by atoms with Crippen LogP contribution >= 0.6 is 0 Å². The molecule has 15 heavy (non-hydrogen) atoms. The molecule has 1 aromatic carbocycles. The van der Waals surface area contributed by atoms with Gasteiger partial charge in [0.15, 0.2) is 0 Å². The van der Waals surface area contributed by atoms with Crippen molar-refractivity contribution in [1.82, 2.24) is 0 Å². The number of benzene rings is 1. The van der Waals surface area contributed by atoms with Gasteiger partial charge in [-0.1, -0.05) is 43.3 Å². The van der Waals surface area contributed by atoms with Crippen LogP contribution in [0.2, 0.25) is 0 Å². The predicted octanol–water partition coefficient (Wildman–Crippen LogP) is 3.10. The van der Waals surface area contributed by atoms with E-state index in [1.165, 1.54) is 0 Å². The van der Waals surface area contributed by atoms with Gasteiger partial charge in [0, 0.05) is 12.8 Å². The maximum atomic E-state index is 11.2. The molecule has 0 N–H and O–H groups in total. The van der Waals surface area contributed by atoms with E-state index in [2.05, 4.69) is 12.2 Å². The molecular weight excluding hydrogens is 188 g/mol. The van der Waals surface area contributed by atoms with Gasteiger partial charge in [-0.2, -0.15) is 0 Å². The smallest absolute Gasteiger partial charge is 0.306 e. The quantitative estimate of drug-likeness (QED) is 0.689. The molecule has 0 spiro atoms. The van der Waals surface area contributed by atoms with Crippen molar-refractivity contribution in [3.05, 3.63) is 41.5 Å². The van der Waals surface area contributed by atoms with Gasteiger partial charge in [0.25, 0.3) is 0 Å². The van der Waals surface area contributed by atoms with Crippen molar-refractivity contribution in [2.24, 2.45) is 0 Å². The third kappa shape index (κ3) is 2.09. The first-order valence-corrected chi connectivity index (χ1v) is 5.26. The molecule has 1 aliphatic rings. The normalized spacial score (nSPS) is 18.3. The number of fused-ring (bicyclic) bond motifs is 1. The predicted molar refractivity (Wildman–Crippen MR) is 59.2 cm³/mol. The van der Waals surface area contributed by atoms with E-state index < -0.39 is 0 Å². The Kier molecular flexibility index (Phi) is 2.86. The van der Waals surface area contributed by atoms with Gasteiger partial charge in [0.05, 0.1) is 0 Å². The van der Waals surface area contributed by atoms with E-state index in [9.17, 15) is 4.79 Å². The van der Waals surface area contributed by atoms with E-state index in [1.807, 2.05) is 31.2 Å². The molecule has 0 bridgehead atoms. The molecule has 0 saturated carbocycles. The minimum absolute atomic E-state index is 0.0985. The average molecular weight is 202 g/mol. The number of rotatable bonds is 2. The number of carbonyl (C=O) groups excluding carboxylic acids is 1.